The van der Waals surface area contributed by atoms with Gasteiger partial charge in [0, 0.05) is 11.4 Å². The van der Waals surface area contributed by atoms with Crippen LogP contribution in [0.5, 0.6) is 0 Å². The van der Waals surface area contributed by atoms with E-state index in [9.17, 15) is 4.39 Å². The highest BCUT2D eigenvalue weighted by Crippen LogP contribution is 2.18. The largest absolute Gasteiger partial charge is 0.384 e. The van der Waals surface area contributed by atoms with Gasteiger partial charge in [-0.25, -0.2) is 4.39 Å². The minimum Gasteiger partial charge on any atom is -0.384 e. The van der Waals surface area contributed by atoms with Gasteiger partial charge in [0.15, 0.2) is 0 Å². The summed E-state index contributed by atoms with van der Waals surface area (Å²) >= 11 is 1.69. The van der Waals surface area contributed by atoms with Crippen LogP contribution in [0.2, 0.25) is 0 Å². The van der Waals surface area contributed by atoms with Crippen molar-refractivity contribution in [2.45, 2.75) is 6.42 Å². The number of nitrogens with one attached hydrogen (secondary N) is 1. The molecule has 1 heterocycles. The highest BCUT2D eigenvalue weighted by molar-refractivity contribution is 7.09. The van der Waals surface area contributed by atoms with Gasteiger partial charge in [-0.05, 0) is 30.0 Å². The Morgan fingerprint density at radius 3 is 2.88 bits per heavy atom. The van der Waals surface area contributed by atoms with Crippen molar-refractivity contribution in [2.24, 2.45) is 0 Å². The maximum absolute atomic E-state index is 13.3. The first-order valence-electron chi connectivity index (χ1n) is 5.26. The molecule has 2 nitrogen and oxygen atoms in total. The molecule has 1 N–H and O–H groups in total. The summed E-state index contributed by atoms with van der Waals surface area (Å²) in [4.78, 5) is 1.27. The molecule has 0 atom stereocenters. The van der Waals surface area contributed by atoms with Crippen LogP contribution in [0.4, 0.5) is 10.1 Å². The first-order valence-corrected chi connectivity index (χ1v) is 6.14. The zero-order chi connectivity index (χ0) is 12.1. The van der Waals surface area contributed by atoms with Crippen LogP contribution in [-0.2, 0) is 6.42 Å². The summed E-state index contributed by atoms with van der Waals surface area (Å²) in [6, 6.07) is 10.5. The van der Waals surface area contributed by atoms with Gasteiger partial charge < -0.3 is 5.32 Å². The molecular formula is C13H11FN2S. The molecule has 0 aliphatic heterocycles. The maximum Gasteiger partial charge on any atom is 0.143 e. The lowest BCUT2D eigenvalue weighted by Gasteiger charge is -2.07. The fraction of sp³-hybridized carbons (Fsp3) is 0.154. The third kappa shape index (κ3) is 2.83. The Hall–Kier alpha value is -1.86. The van der Waals surface area contributed by atoms with E-state index in [1.54, 1.807) is 23.5 Å². The molecule has 1 aromatic heterocycles. The fourth-order valence-electron chi connectivity index (χ4n) is 1.56. The Morgan fingerprint density at radius 1 is 1.29 bits per heavy atom. The lowest BCUT2D eigenvalue weighted by molar-refractivity contribution is 0.624. The SMILES string of the molecule is N#Cc1c(F)cccc1NCCc1cccs1. The Kier molecular flexibility index (Phi) is 3.73. The van der Waals surface area contributed by atoms with Crippen LogP contribution in [0, 0.1) is 17.1 Å². The molecule has 86 valence electrons. The van der Waals surface area contributed by atoms with E-state index in [1.807, 2.05) is 17.5 Å². The zero-order valence-electron chi connectivity index (χ0n) is 9.11. The van der Waals surface area contributed by atoms with Crippen molar-refractivity contribution in [1.29, 1.82) is 5.26 Å². The second kappa shape index (κ2) is 5.46. The number of halogens is 1. The predicted octanol–water partition coefficient (Wildman–Crippen LogP) is 3.41. The van der Waals surface area contributed by atoms with Gasteiger partial charge >= 0.3 is 0 Å². The van der Waals surface area contributed by atoms with Crippen LogP contribution in [0.15, 0.2) is 35.7 Å². The molecule has 17 heavy (non-hydrogen) atoms. The normalized spacial score (nSPS) is 9.88. The molecule has 4 heteroatoms. The summed E-state index contributed by atoms with van der Waals surface area (Å²) in [6.07, 6.45) is 0.874. The summed E-state index contributed by atoms with van der Waals surface area (Å²) in [5.41, 5.74) is 0.641. The van der Waals surface area contributed by atoms with Crippen LogP contribution >= 0.6 is 11.3 Å². The van der Waals surface area contributed by atoms with Gasteiger partial charge in [-0.15, -0.1) is 11.3 Å². The van der Waals surface area contributed by atoms with Crippen molar-refractivity contribution in [2.75, 3.05) is 11.9 Å². The van der Waals surface area contributed by atoms with Crippen molar-refractivity contribution in [3.8, 4) is 6.07 Å². The number of hydrogen-bond donors (Lipinski definition) is 1. The smallest absolute Gasteiger partial charge is 0.143 e. The van der Waals surface area contributed by atoms with E-state index >= 15 is 0 Å². The summed E-state index contributed by atoms with van der Waals surface area (Å²) in [6.45, 7) is 0.693. The van der Waals surface area contributed by atoms with Crippen LogP contribution in [0.1, 0.15) is 10.4 Å². The van der Waals surface area contributed by atoms with Crippen LogP contribution < -0.4 is 5.32 Å². The quantitative estimate of drug-likeness (QED) is 0.897. The van der Waals surface area contributed by atoms with Gasteiger partial charge in [-0.3, -0.25) is 0 Å². The van der Waals surface area contributed by atoms with Gasteiger partial charge in [0.25, 0.3) is 0 Å². The first kappa shape index (κ1) is 11.6. The number of nitriles is 1. The maximum atomic E-state index is 13.3. The highest BCUT2D eigenvalue weighted by Gasteiger charge is 2.06. The third-order valence-electron chi connectivity index (χ3n) is 2.39. The summed E-state index contributed by atoms with van der Waals surface area (Å²) < 4.78 is 13.3. The monoisotopic (exact) mass is 246 g/mol. The molecule has 1 aromatic carbocycles. The number of anilines is 1. The van der Waals surface area contributed by atoms with Gasteiger partial charge in [0.05, 0.1) is 5.69 Å². The minimum absolute atomic E-state index is 0.0821. The molecule has 0 amide bonds. The Balaban J connectivity index is 2.00. The van der Waals surface area contributed by atoms with Crippen LogP contribution in [0.25, 0.3) is 0 Å². The first-order chi connectivity index (χ1) is 8.31. The predicted molar refractivity (Wildman–Crippen MR) is 67.6 cm³/mol. The molecule has 0 saturated carbocycles. The van der Waals surface area contributed by atoms with Gasteiger partial charge in [0.2, 0.25) is 0 Å². The number of benzene rings is 1. The van der Waals surface area contributed by atoms with Crippen LogP contribution in [0.3, 0.4) is 0 Å². The lowest BCUT2D eigenvalue weighted by atomic mass is 10.2. The molecule has 0 spiro atoms. The molecule has 0 aliphatic rings. The van der Waals surface area contributed by atoms with E-state index in [0.717, 1.165) is 6.42 Å². The average molecular weight is 246 g/mol. The van der Waals surface area contributed by atoms with E-state index in [2.05, 4.69) is 11.4 Å². The topological polar surface area (TPSA) is 35.8 Å². The van der Waals surface area contributed by atoms with Crippen LogP contribution in [-0.4, -0.2) is 6.54 Å². The summed E-state index contributed by atoms with van der Waals surface area (Å²) in [5, 5.41) is 14.0. The minimum atomic E-state index is -0.478. The number of hydrogen-bond acceptors (Lipinski definition) is 3. The highest BCUT2D eigenvalue weighted by atomic mass is 32.1. The number of nitrogens with zero attached hydrogens (tertiary/aromatic N) is 1. The number of rotatable bonds is 4. The fourth-order valence-corrected chi connectivity index (χ4v) is 2.27. The van der Waals surface area contributed by atoms with Crippen molar-refractivity contribution in [1.82, 2.24) is 0 Å². The second-order valence-electron chi connectivity index (χ2n) is 3.53. The molecule has 0 saturated heterocycles. The molecular weight excluding hydrogens is 235 g/mol. The summed E-state index contributed by atoms with van der Waals surface area (Å²) in [7, 11) is 0. The third-order valence-corrected chi connectivity index (χ3v) is 3.33. The van der Waals surface area contributed by atoms with E-state index in [1.165, 1.54) is 10.9 Å². The van der Waals surface area contributed by atoms with Crippen molar-refractivity contribution in [3.05, 3.63) is 52.0 Å². The zero-order valence-corrected chi connectivity index (χ0v) is 9.93. The molecule has 0 radical (unpaired) electrons. The number of thiophene rings is 1. The molecule has 2 rings (SSSR count). The van der Waals surface area contributed by atoms with Gasteiger partial charge in [-0.2, -0.15) is 5.26 Å². The molecule has 0 unspecified atom stereocenters. The lowest BCUT2D eigenvalue weighted by Crippen LogP contribution is -2.06. The molecule has 0 bridgehead atoms. The Labute approximate surface area is 103 Å². The van der Waals surface area contributed by atoms with Gasteiger partial charge in [0.1, 0.15) is 17.4 Å². The van der Waals surface area contributed by atoms with Gasteiger partial charge in [-0.1, -0.05) is 12.1 Å². The molecule has 0 aliphatic carbocycles. The van der Waals surface area contributed by atoms with E-state index in [-0.39, 0.29) is 5.56 Å². The summed E-state index contributed by atoms with van der Waals surface area (Å²) in [5.74, 6) is -0.478. The molecule has 0 fully saturated rings. The molecule has 2 aromatic rings. The van der Waals surface area contributed by atoms with Crippen molar-refractivity contribution < 1.29 is 4.39 Å². The van der Waals surface area contributed by atoms with E-state index in [4.69, 9.17) is 5.26 Å². The van der Waals surface area contributed by atoms with E-state index < -0.39 is 5.82 Å². The standard InChI is InChI=1S/C13H11FN2S/c14-12-4-1-5-13(11(12)9-15)16-7-6-10-3-2-8-17-10/h1-5,8,16H,6-7H2. The van der Waals surface area contributed by atoms with Crippen molar-refractivity contribution in [3.63, 3.8) is 0 Å². The second-order valence-corrected chi connectivity index (χ2v) is 4.56. The van der Waals surface area contributed by atoms with Crippen molar-refractivity contribution >= 4 is 17.0 Å². The Bertz CT molecular complexity index is 529. The average Bonchev–Trinajstić information content (AvgIpc) is 2.82. The van der Waals surface area contributed by atoms with E-state index in [0.29, 0.717) is 12.2 Å². The Morgan fingerprint density at radius 2 is 2.18 bits per heavy atom.